The molecule has 0 aliphatic heterocycles. The van der Waals surface area contributed by atoms with Gasteiger partial charge in [0.15, 0.2) is 0 Å². The van der Waals surface area contributed by atoms with E-state index < -0.39 is 0 Å². The second kappa shape index (κ2) is 5.70. The van der Waals surface area contributed by atoms with Crippen LogP contribution in [0.3, 0.4) is 0 Å². The van der Waals surface area contributed by atoms with Gasteiger partial charge in [-0.2, -0.15) is 0 Å². The third-order valence-corrected chi connectivity index (χ3v) is 4.24. The van der Waals surface area contributed by atoms with Crippen molar-refractivity contribution in [2.45, 2.75) is 33.1 Å². The highest BCUT2D eigenvalue weighted by atomic mass is 32.1. The van der Waals surface area contributed by atoms with Gasteiger partial charge in [0, 0.05) is 23.4 Å². The maximum atomic E-state index is 12.0. The molecular formula is C17H18N4OS. The van der Waals surface area contributed by atoms with Crippen LogP contribution in [0.1, 0.15) is 44.9 Å². The fourth-order valence-corrected chi connectivity index (χ4v) is 2.93. The van der Waals surface area contributed by atoms with Gasteiger partial charge in [-0.1, -0.05) is 20.8 Å². The van der Waals surface area contributed by atoms with Gasteiger partial charge in [-0.3, -0.25) is 4.79 Å². The van der Waals surface area contributed by atoms with E-state index in [1.54, 1.807) is 18.5 Å². The standard InChI is InChI=1S/C17H18N4OS/c1-10(7-11-8-18-16(19-9-11)17(2,3)4)13-20-14(22)12-5-6-23-15(12)21-13/h5-9H,1-4H3,(H,20,21,22)/b10-7-. The Hall–Kier alpha value is -2.34. The van der Waals surface area contributed by atoms with Crippen LogP contribution in [0.25, 0.3) is 21.9 Å². The molecule has 6 heteroatoms. The van der Waals surface area contributed by atoms with Crippen molar-refractivity contribution < 1.29 is 0 Å². The third kappa shape index (κ3) is 3.22. The van der Waals surface area contributed by atoms with Crippen LogP contribution in [-0.2, 0) is 5.41 Å². The van der Waals surface area contributed by atoms with E-state index in [1.165, 1.54) is 11.3 Å². The van der Waals surface area contributed by atoms with Crippen molar-refractivity contribution in [2.75, 3.05) is 0 Å². The minimum absolute atomic E-state index is 0.0751. The minimum Gasteiger partial charge on any atom is -0.306 e. The number of aromatic amines is 1. The first-order valence-electron chi connectivity index (χ1n) is 7.33. The SMILES string of the molecule is C/C(=C/c1cnc(C(C)(C)C)nc1)c1nc2sccc2c(=O)[nH]1. The third-order valence-electron chi connectivity index (χ3n) is 3.43. The Kier molecular flexibility index (Phi) is 3.85. The summed E-state index contributed by atoms with van der Waals surface area (Å²) in [6.07, 6.45) is 5.50. The molecule has 0 unspecified atom stereocenters. The molecular weight excluding hydrogens is 308 g/mol. The fraction of sp³-hybridized carbons (Fsp3) is 0.294. The number of hydrogen-bond acceptors (Lipinski definition) is 5. The first-order chi connectivity index (χ1) is 10.8. The van der Waals surface area contributed by atoms with Crippen LogP contribution in [0.15, 0.2) is 28.6 Å². The molecule has 3 heterocycles. The molecule has 1 N–H and O–H groups in total. The van der Waals surface area contributed by atoms with Crippen molar-refractivity contribution in [3.8, 4) is 0 Å². The summed E-state index contributed by atoms with van der Waals surface area (Å²) in [6.45, 7) is 8.14. The molecule has 3 aromatic heterocycles. The van der Waals surface area contributed by atoms with Crippen molar-refractivity contribution in [3.63, 3.8) is 0 Å². The highest BCUT2D eigenvalue weighted by Gasteiger charge is 2.16. The van der Waals surface area contributed by atoms with E-state index in [1.807, 2.05) is 18.4 Å². The highest BCUT2D eigenvalue weighted by Crippen LogP contribution is 2.20. The van der Waals surface area contributed by atoms with Crippen molar-refractivity contribution >= 4 is 33.2 Å². The number of nitrogens with zero attached hydrogens (tertiary/aromatic N) is 3. The number of fused-ring (bicyclic) bond motifs is 1. The van der Waals surface area contributed by atoms with Crippen molar-refractivity contribution in [1.29, 1.82) is 0 Å². The average Bonchev–Trinajstić information content (AvgIpc) is 2.96. The van der Waals surface area contributed by atoms with Crippen molar-refractivity contribution in [3.05, 3.63) is 51.4 Å². The summed E-state index contributed by atoms with van der Waals surface area (Å²) in [5, 5.41) is 2.50. The maximum absolute atomic E-state index is 12.0. The normalized spacial score (nSPS) is 12.8. The maximum Gasteiger partial charge on any atom is 0.259 e. The van der Waals surface area contributed by atoms with Crippen LogP contribution in [0.4, 0.5) is 0 Å². The Bertz CT molecular complexity index is 930. The van der Waals surface area contributed by atoms with Crippen LogP contribution >= 0.6 is 11.3 Å². The summed E-state index contributed by atoms with van der Waals surface area (Å²) in [7, 11) is 0. The topological polar surface area (TPSA) is 71.5 Å². The van der Waals surface area contributed by atoms with Gasteiger partial charge in [0.1, 0.15) is 16.5 Å². The molecule has 0 aliphatic rings. The molecule has 0 aliphatic carbocycles. The zero-order valence-electron chi connectivity index (χ0n) is 13.5. The van der Waals surface area contributed by atoms with E-state index in [0.29, 0.717) is 11.2 Å². The molecule has 3 aromatic rings. The summed E-state index contributed by atoms with van der Waals surface area (Å²) in [5.74, 6) is 1.38. The Morgan fingerprint density at radius 3 is 2.61 bits per heavy atom. The fourth-order valence-electron chi connectivity index (χ4n) is 2.17. The lowest BCUT2D eigenvalue weighted by Crippen LogP contribution is -2.15. The number of H-pyrrole nitrogens is 1. The summed E-state index contributed by atoms with van der Waals surface area (Å²) >= 11 is 1.46. The van der Waals surface area contributed by atoms with E-state index in [9.17, 15) is 4.79 Å². The van der Waals surface area contributed by atoms with Gasteiger partial charge < -0.3 is 4.98 Å². The number of nitrogens with one attached hydrogen (secondary N) is 1. The lowest BCUT2D eigenvalue weighted by Gasteiger charge is -2.15. The van der Waals surface area contributed by atoms with Crippen LogP contribution in [0.5, 0.6) is 0 Å². The van der Waals surface area contributed by atoms with E-state index in [2.05, 4.69) is 40.7 Å². The van der Waals surface area contributed by atoms with Gasteiger partial charge in [0.25, 0.3) is 5.56 Å². The van der Waals surface area contributed by atoms with E-state index in [0.717, 1.165) is 21.8 Å². The quantitative estimate of drug-likeness (QED) is 0.780. The number of allylic oxidation sites excluding steroid dienone is 1. The monoisotopic (exact) mass is 326 g/mol. The van der Waals surface area contributed by atoms with Crippen LogP contribution in [0, 0.1) is 0 Å². The van der Waals surface area contributed by atoms with Gasteiger partial charge in [-0.25, -0.2) is 15.0 Å². The van der Waals surface area contributed by atoms with Gasteiger partial charge in [-0.15, -0.1) is 11.3 Å². The summed E-state index contributed by atoms with van der Waals surface area (Å²) in [6, 6.07) is 1.79. The molecule has 0 saturated carbocycles. The number of hydrogen-bond donors (Lipinski definition) is 1. The van der Waals surface area contributed by atoms with E-state index >= 15 is 0 Å². The molecule has 0 aromatic carbocycles. The molecule has 0 atom stereocenters. The van der Waals surface area contributed by atoms with Crippen LogP contribution in [0.2, 0.25) is 0 Å². The molecule has 23 heavy (non-hydrogen) atoms. The van der Waals surface area contributed by atoms with E-state index in [-0.39, 0.29) is 11.0 Å². The Morgan fingerprint density at radius 1 is 1.26 bits per heavy atom. The van der Waals surface area contributed by atoms with Gasteiger partial charge in [-0.05, 0) is 30.0 Å². The smallest absolute Gasteiger partial charge is 0.259 e. The summed E-state index contributed by atoms with van der Waals surface area (Å²) in [4.78, 5) is 28.9. The summed E-state index contributed by atoms with van der Waals surface area (Å²) < 4.78 is 0. The molecule has 0 fully saturated rings. The molecule has 0 amide bonds. The van der Waals surface area contributed by atoms with Crippen molar-refractivity contribution in [1.82, 2.24) is 19.9 Å². The molecule has 0 spiro atoms. The lowest BCUT2D eigenvalue weighted by molar-refractivity contribution is 0.545. The Balaban J connectivity index is 1.96. The van der Waals surface area contributed by atoms with Gasteiger partial charge in [0.05, 0.1) is 5.39 Å². The average molecular weight is 326 g/mol. The Labute approximate surface area is 138 Å². The Morgan fingerprint density at radius 2 is 1.96 bits per heavy atom. The molecule has 0 saturated heterocycles. The predicted molar refractivity (Wildman–Crippen MR) is 94.5 cm³/mol. The molecule has 0 bridgehead atoms. The first kappa shape index (κ1) is 15.6. The number of thiophene rings is 1. The minimum atomic E-state index is -0.113. The number of aromatic nitrogens is 4. The lowest BCUT2D eigenvalue weighted by atomic mass is 9.96. The molecule has 118 valence electrons. The zero-order valence-corrected chi connectivity index (χ0v) is 14.4. The number of rotatable bonds is 2. The first-order valence-corrected chi connectivity index (χ1v) is 8.21. The van der Waals surface area contributed by atoms with Crippen molar-refractivity contribution in [2.24, 2.45) is 0 Å². The van der Waals surface area contributed by atoms with Crippen LogP contribution in [-0.4, -0.2) is 19.9 Å². The largest absolute Gasteiger partial charge is 0.306 e. The molecule has 5 nitrogen and oxygen atoms in total. The molecule has 0 radical (unpaired) electrons. The predicted octanol–water partition coefficient (Wildman–Crippen LogP) is 3.63. The zero-order chi connectivity index (χ0) is 16.6. The van der Waals surface area contributed by atoms with Gasteiger partial charge >= 0.3 is 0 Å². The molecule has 3 rings (SSSR count). The highest BCUT2D eigenvalue weighted by molar-refractivity contribution is 7.16. The second-order valence-electron chi connectivity index (χ2n) is 6.47. The van der Waals surface area contributed by atoms with Crippen LogP contribution < -0.4 is 5.56 Å². The van der Waals surface area contributed by atoms with Gasteiger partial charge in [0.2, 0.25) is 0 Å². The second-order valence-corrected chi connectivity index (χ2v) is 7.37. The van der Waals surface area contributed by atoms with E-state index in [4.69, 9.17) is 0 Å². The summed E-state index contributed by atoms with van der Waals surface area (Å²) in [5.41, 5.74) is 1.56.